The second kappa shape index (κ2) is 4.84. The number of carbonyl (C=O) groups is 1. The number of hydrogen-bond donors (Lipinski definition) is 1. The van der Waals surface area contributed by atoms with Gasteiger partial charge in [-0.15, -0.1) is 0 Å². The minimum atomic E-state index is -0.0339. The smallest absolute Gasteiger partial charge is 0.244 e. The standard InChI is InChI=1S/C13H15NO2/c1-16-12-5-3-2-4-10(12)6-9-13(15)14-11-7-8-11/h2-6,9,11H,7-8H2,1H3,(H,14,15)/b9-6-. The van der Waals surface area contributed by atoms with Gasteiger partial charge in [-0.3, -0.25) is 4.79 Å². The molecule has 0 radical (unpaired) electrons. The summed E-state index contributed by atoms with van der Waals surface area (Å²) in [5, 5.41) is 2.90. The van der Waals surface area contributed by atoms with E-state index >= 15 is 0 Å². The predicted molar refractivity (Wildman–Crippen MR) is 63.2 cm³/mol. The highest BCUT2D eigenvalue weighted by molar-refractivity contribution is 5.92. The maximum absolute atomic E-state index is 11.4. The van der Waals surface area contributed by atoms with Gasteiger partial charge in [0.05, 0.1) is 7.11 Å². The fourth-order valence-corrected chi connectivity index (χ4v) is 1.45. The third kappa shape index (κ3) is 2.86. The summed E-state index contributed by atoms with van der Waals surface area (Å²) < 4.78 is 5.19. The third-order valence-electron chi connectivity index (χ3n) is 2.48. The minimum absolute atomic E-state index is 0.0339. The molecule has 0 heterocycles. The Bertz CT molecular complexity index is 408. The monoisotopic (exact) mass is 217 g/mol. The Morgan fingerprint density at radius 2 is 2.19 bits per heavy atom. The first-order chi connectivity index (χ1) is 7.79. The van der Waals surface area contributed by atoms with Crippen molar-refractivity contribution >= 4 is 12.0 Å². The molecule has 16 heavy (non-hydrogen) atoms. The molecule has 0 unspecified atom stereocenters. The predicted octanol–water partition coefficient (Wildman–Crippen LogP) is 1.99. The van der Waals surface area contributed by atoms with Crippen molar-refractivity contribution in [1.29, 1.82) is 0 Å². The molecule has 3 nitrogen and oxygen atoms in total. The van der Waals surface area contributed by atoms with Gasteiger partial charge in [0.25, 0.3) is 0 Å². The lowest BCUT2D eigenvalue weighted by Gasteiger charge is -2.03. The fourth-order valence-electron chi connectivity index (χ4n) is 1.45. The molecule has 0 saturated heterocycles. The lowest BCUT2D eigenvalue weighted by Crippen LogP contribution is -2.22. The van der Waals surface area contributed by atoms with Gasteiger partial charge in [0.15, 0.2) is 0 Å². The number of para-hydroxylation sites is 1. The lowest BCUT2D eigenvalue weighted by molar-refractivity contribution is -0.116. The van der Waals surface area contributed by atoms with Gasteiger partial charge in [0, 0.05) is 17.7 Å². The summed E-state index contributed by atoms with van der Waals surface area (Å²) in [7, 11) is 1.62. The Labute approximate surface area is 95.1 Å². The van der Waals surface area contributed by atoms with Crippen LogP contribution in [0.5, 0.6) is 5.75 Å². The average Bonchev–Trinajstić information content (AvgIpc) is 3.10. The first-order valence-electron chi connectivity index (χ1n) is 5.41. The average molecular weight is 217 g/mol. The Kier molecular flexibility index (Phi) is 3.25. The molecular weight excluding hydrogens is 202 g/mol. The van der Waals surface area contributed by atoms with E-state index in [1.54, 1.807) is 19.3 Å². The van der Waals surface area contributed by atoms with Crippen molar-refractivity contribution < 1.29 is 9.53 Å². The van der Waals surface area contributed by atoms with E-state index in [9.17, 15) is 4.79 Å². The van der Waals surface area contributed by atoms with Crippen molar-refractivity contribution in [3.63, 3.8) is 0 Å². The van der Waals surface area contributed by atoms with E-state index < -0.39 is 0 Å². The van der Waals surface area contributed by atoms with Gasteiger partial charge in [0.2, 0.25) is 5.91 Å². The topological polar surface area (TPSA) is 38.3 Å². The molecular formula is C13H15NO2. The quantitative estimate of drug-likeness (QED) is 0.783. The summed E-state index contributed by atoms with van der Waals surface area (Å²) in [6, 6.07) is 8.01. The van der Waals surface area contributed by atoms with Crippen molar-refractivity contribution in [2.24, 2.45) is 0 Å². The molecule has 0 aliphatic heterocycles. The highest BCUT2D eigenvalue weighted by Gasteiger charge is 2.21. The summed E-state index contributed by atoms with van der Waals surface area (Å²) in [4.78, 5) is 11.4. The number of ether oxygens (including phenoxy) is 1. The number of methoxy groups -OCH3 is 1. The Morgan fingerprint density at radius 1 is 1.44 bits per heavy atom. The molecule has 3 heteroatoms. The molecule has 0 aromatic heterocycles. The van der Waals surface area contributed by atoms with Gasteiger partial charge in [-0.1, -0.05) is 18.2 Å². The van der Waals surface area contributed by atoms with Crippen LogP contribution < -0.4 is 10.1 Å². The summed E-state index contributed by atoms with van der Waals surface area (Å²) >= 11 is 0. The molecule has 1 fully saturated rings. The Hall–Kier alpha value is -1.77. The first kappa shape index (κ1) is 10.7. The van der Waals surface area contributed by atoms with Gasteiger partial charge in [-0.2, -0.15) is 0 Å². The van der Waals surface area contributed by atoms with Crippen LogP contribution in [0.1, 0.15) is 18.4 Å². The maximum atomic E-state index is 11.4. The number of hydrogen-bond acceptors (Lipinski definition) is 2. The molecule has 1 amide bonds. The van der Waals surface area contributed by atoms with E-state index in [0.29, 0.717) is 6.04 Å². The second-order valence-corrected chi connectivity index (χ2v) is 3.86. The number of amides is 1. The zero-order chi connectivity index (χ0) is 11.4. The largest absolute Gasteiger partial charge is 0.496 e. The van der Waals surface area contributed by atoms with Gasteiger partial charge in [0.1, 0.15) is 5.75 Å². The van der Waals surface area contributed by atoms with Crippen molar-refractivity contribution in [1.82, 2.24) is 5.32 Å². The van der Waals surface area contributed by atoms with Gasteiger partial charge < -0.3 is 10.1 Å². The van der Waals surface area contributed by atoms with E-state index in [2.05, 4.69) is 5.32 Å². The molecule has 1 N–H and O–H groups in total. The Morgan fingerprint density at radius 3 is 2.88 bits per heavy atom. The van der Waals surface area contributed by atoms with Crippen LogP contribution in [0, 0.1) is 0 Å². The van der Waals surface area contributed by atoms with Crippen molar-refractivity contribution in [2.75, 3.05) is 7.11 Å². The first-order valence-corrected chi connectivity index (χ1v) is 5.41. The fraction of sp³-hybridized carbons (Fsp3) is 0.308. The van der Waals surface area contributed by atoms with E-state index in [4.69, 9.17) is 4.74 Å². The summed E-state index contributed by atoms with van der Waals surface area (Å²) in [6.45, 7) is 0. The molecule has 0 bridgehead atoms. The number of carbonyl (C=O) groups excluding carboxylic acids is 1. The van der Waals surface area contributed by atoms with Crippen LogP contribution in [0.25, 0.3) is 6.08 Å². The van der Waals surface area contributed by atoms with Crippen LogP contribution >= 0.6 is 0 Å². The summed E-state index contributed by atoms with van der Waals surface area (Å²) in [5.41, 5.74) is 0.913. The zero-order valence-electron chi connectivity index (χ0n) is 9.27. The number of benzene rings is 1. The summed E-state index contributed by atoms with van der Waals surface area (Å²) in [6.07, 6.45) is 5.54. The summed E-state index contributed by atoms with van der Waals surface area (Å²) in [5.74, 6) is 0.742. The molecule has 1 aliphatic rings. The molecule has 1 saturated carbocycles. The molecule has 1 aliphatic carbocycles. The van der Waals surface area contributed by atoms with Crippen molar-refractivity contribution in [3.8, 4) is 5.75 Å². The van der Waals surface area contributed by atoms with Crippen molar-refractivity contribution in [3.05, 3.63) is 35.9 Å². The molecule has 2 rings (SSSR count). The number of nitrogens with one attached hydrogen (secondary N) is 1. The van der Waals surface area contributed by atoms with Crippen LogP contribution in [0.15, 0.2) is 30.3 Å². The maximum Gasteiger partial charge on any atom is 0.244 e. The van der Waals surface area contributed by atoms with Crippen LogP contribution in [0.4, 0.5) is 0 Å². The van der Waals surface area contributed by atoms with E-state index in [1.807, 2.05) is 24.3 Å². The highest BCUT2D eigenvalue weighted by atomic mass is 16.5. The normalized spacial score (nSPS) is 15.1. The number of rotatable bonds is 4. The van der Waals surface area contributed by atoms with Crippen LogP contribution in [-0.2, 0) is 4.79 Å². The third-order valence-corrected chi connectivity index (χ3v) is 2.48. The minimum Gasteiger partial charge on any atom is -0.496 e. The van der Waals surface area contributed by atoms with E-state index in [1.165, 1.54) is 0 Å². The molecule has 1 aromatic rings. The van der Waals surface area contributed by atoms with Gasteiger partial charge in [-0.05, 0) is 25.0 Å². The lowest BCUT2D eigenvalue weighted by atomic mass is 10.2. The van der Waals surface area contributed by atoms with Crippen LogP contribution in [0.3, 0.4) is 0 Å². The SMILES string of the molecule is COc1ccccc1/C=C\C(=O)NC1CC1. The van der Waals surface area contributed by atoms with Crippen LogP contribution in [0.2, 0.25) is 0 Å². The van der Waals surface area contributed by atoms with Crippen LogP contribution in [-0.4, -0.2) is 19.1 Å². The van der Waals surface area contributed by atoms with E-state index in [-0.39, 0.29) is 5.91 Å². The van der Waals surface area contributed by atoms with Gasteiger partial charge in [-0.25, -0.2) is 0 Å². The van der Waals surface area contributed by atoms with Gasteiger partial charge >= 0.3 is 0 Å². The highest BCUT2D eigenvalue weighted by Crippen LogP contribution is 2.20. The molecule has 1 aromatic carbocycles. The molecule has 0 spiro atoms. The zero-order valence-corrected chi connectivity index (χ0v) is 9.27. The Balaban J connectivity index is 2.00. The van der Waals surface area contributed by atoms with E-state index in [0.717, 1.165) is 24.2 Å². The molecule has 84 valence electrons. The van der Waals surface area contributed by atoms with Crippen molar-refractivity contribution in [2.45, 2.75) is 18.9 Å². The molecule has 0 atom stereocenters. The second-order valence-electron chi connectivity index (χ2n) is 3.86.